The zero-order valence-corrected chi connectivity index (χ0v) is 9.96. The molecule has 16 heavy (non-hydrogen) atoms. The van der Waals surface area contributed by atoms with Crippen LogP contribution in [0.3, 0.4) is 0 Å². The molecule has 0 N–H and O–H groups in total. The van der Waals surface area contributed by atoms with Crippen molar-refractivity contribution < 1.29 is 14.0 Å². The third-order valence-corrected chi connectivity index (χ3v) is 3.10. The summed E-state index contributed by atoms with van der Waals surface area (Å²) in [5, 5.41) is 0. The molecule has 0 spiro atoms. The van der Waals surface area contributed by atoms with Crippen molar-refractivity contribution in [2.45, 2.75) is 19.3 Å². The van der Waals surface area contributed by atoms with Gasteiger partial charge in [0.15, 0.2) is 0 Å². The number of carbonyl (C=O) groups excluding carboxylic acids is 2. The maximum absolute atomic E-state index is 13.1. The van der Waals surface area contributed by atoms with Gasteiger partial charge in [-0.1, -0.05) is 0 Å². The molecule has 5 heteroatoms. The number of hydrogen-bond acceptors (Lipinski definition) is 2. The lowest BCUT2D eigenvalue weighted by molar-refractivity contribution is -0.129. The van der Waals surface area contributed by atoms with Crippen LogP contribution in [-0.2, 0) is 9.59 Å². The molecule has 2 amide bonds. The molecule has 1 aliphatic heterocycles. The molecule has 0 radical (unpaired) electrons. The molecule has 0 saturated carbocycles. The van der Waals surface area contributed by atoms with Crippen molar-refractivity contribution in [2.75, 3.05) is 4.90 Å². The van der Waals surface area contributed by atoms with Crippen molar-refractivity contribution >= 4 is 33.4 Å². The lowest BCUT2D eigenvalue weighted by Gasteiger charge is -2.25. The van der Waals surface area contributed by atoms with Crippen LogP contribution in [0.15, 0.2) is 22.7 Å². The van der Waals surface area contributed by atoms with Crippen molar-refractivity contribution in [3.8, 4) is 0 Å². The van der Waals surface area contributed by atoms with Crippen LogP contribution in [-0.4, -0.2) is 11.8 Å². The van der Waals surface area contributed by atoms with Crippen LogP contribution < -0.4 is 4.90 Å². The summed E-state index contributed by atoms with van der Waals surface area (Å²) in [6.07, 6.45) is 1.23. The molecule has 1 aliphatic rings. The van der Waals surface area contributed by atoms with Crippen molar-refractivity contribution in [1.82, 2.24) is 0 Å². The fourth-order valence-corrected chi connectivity index (χ4v) is 2.10. The Hall–Kier alpha value is -1.23. The summed E-state index contributed by atoms with van der Waals surface area (Å²) in [5.74, 6) is -1.02. The van der Waals surface area contributed by atoms with Gasteiger partial charge in [0.05, 0.1) is 5.69 Å². The number of halogens is 2. The molecule has 84 valence electrons. The topological polar surface area (TPSA) is 37.4 Å². The molecule has 0 atom stereocenters. The van der Waals surface area contributed by atoms with Crippen molar-refractivity contribution in [3.05, 3.63) is 28.5 Å². The van der Waals surface area contributed by atoms with E-state index in [1.165, 1.54) is 18.2 Å². The van der Waals surface area contributed by atoms with Gasteiger partial charge in [-0.3, -0.25) is 9.59 Å². The molecule has 1 aromatic rings. The molecule has 1 aromatic carbocycles. The Balaban J connectivity index is 2.45. The zero-order chi connectivity index (χ0) is 11.7. The minimum Gasteiger partial charge on any atom is -0.274 e. The van der Waals surface area contributed by atoms with Crippen LogP contribution in [0.2, 0.25) is 0 Å². The Kier molecular flexibility index (Phi) is 3.05. The predicted molar refractivity (Wildman–Crippen MR) is 60.4 cm³/mol. The fraction of sp³-hybridized carbons (Fsp3) is 0.273. The lowest BCUT2D eigenvalue weighted by atomic mass is 10.1. The van der Waals surface area contributed by atoms with Gasteiger partial charge in [0.25, 0.3) is 0 Å². The Labute approximate surface area is 100 Å². The van der Waals surface area contributed by atoms with E-state index in [1.807, 2.05) is 0 Å². The number of benzene rings is 1. The molecular formula is C11H9BrFNO2. The first kappa shape index (κ1) is 11.3. The summed E-state index contributed by atoms with van der Waals surface area (Å²) >= 11 is 3.21. The van der Waals surface area contributed by atoms with E-state index in [-0.39, 0.29) is 17.5 Å². The number of nitrogens with zero attached hydrogens (tertiary/aromatic N) is 1. The number of imide groups is 1. The van der Waals surface area contributed by atoms with E-state index in [9.17, 15) is 14.0 Å². The van der Waals surface area contributed by atoms with Crippen LogP contribution in [0.4, 0.5) is 10.1 Å². The third-order valence-electron chi connectivity index (χ3n) is 2.43. The predicted octanol–water partition coefficient (Wildman–Crippen LogP) is 2.63. The minimum absolute atomic E-state index is 0.275. The van der Waals surface area contributed by atoms with Gasteiger partial charge < -0.3 is 0 Å². The molecule has 1 saturated heterocycles. The van der Waals surface area contributed by atoms with Crippen molar-refractivity contribution in [3.63, 3.8) is 0 Å². The monoisotopic (exact) mass is 285 g/mol. The van der Waals surface area contributed by atoms with E-state index in [1.54, 1.807) is 0 Å². The highest BCUT2D eigenvalue weighted by atomic mass is 79.9. The van der Waals surface area contributed by atoms with Gasteiger partial charge in [0.2, 0.25) is 11.8 Å². The highest BCUT2D eigenvalue weighted by Gasteiger charge is 2.28. The number of rotatable bonds is 1. The summed E-state index contributed by atoms with van der Waals surface area (Å²) in [6, 6.07) is 3.94. The van der Waals surface area contributed by atoms with E-state index in [2.05, 4.69) is 15.9 Å². The van der Waals surface area contributed by atoms with E-state index < -0.39 is 5.82 Å². The second kappa shape index (κ2) is 4.33. The van der Waals surface area contributed by atoms with Crippen LogP contribution in [0.25, 0.3) is 0 Å². The first-order valence-electron chi connectivity index (χ1n) is 4.90. The highest BCUT2D eigenvalue weighted by Crippen LogP contribution is 2.30. The van der Waals surface area contributed by atoms with Gasteiger partial charge in [-0.05, 0) is 40.5 Å². The average molecular weight is 286 g/mol. The fourth-order valence-electron chi connectivity index (χ4n) is 1.68. The summed E-state index contributed by atoms with van der Waals surface area (Å²) < 4.78 is 13.6. The van der Waals surface area contributed by atoms with Gasteiger partial charge in [-0.25, -0.2) is 9.29 Å². The second-order valence-electron chi connectivity index (χ2n) is 3.57. The van der Waals surface area contributed by atoms with E-state index in [0.717, 1.165) is 4.90 Å². The quantitative estimate of drug-likeness (QED) is 0.744. The summed E-state index contributed by atoms with van der Waals surface area (Å²) in [5.41, 5.74) is 0.287. The molecule has 0 aromatic heterocycles. The third kappa shape index (κ3) is 2.00. The van der Waals surface area contributed by atoms with Gasteiger partial charge in [0, 0.05) is 17.3 Å². The van der Waals surface area contributed by atoms with Crippen LogP contribution in [0, 0.1) is 5.82 Å². The molecule has 1 heterocycles. The molecule has 0 aliphatic carbocycles. The molecule has 0 unspecified atom stereocenters. The summed E-state index contributed by atoms with van der Waals surface area (Å²) in [4.78, 5) is 24.3. The molecule has 3 nitrogen and oxygen atoms in total. The summed E-state index contributed by atoms with van der Waals surface area (Å²) in [6.45, 7) is 0. The molecule has 1 fully saturated rings. The molecule has 2 rings (SSSR count). The second-order valence-corrected chi connectivity index (χ2v) is 4.43. The first-order valence-corrected chi connectivity index (χ1v) is 5.70. The minimum atomic E-state index is -0.468. The van der Waals surface area contributed by atoms with Crippen molar-refractivity contribution in [2.24, 2.45) is 0 Å². The smallest absolute Gasteiger partial charge is 0.233 e. The van der Waals surface area contributed by atoms with E-state index >= 15 is 0 Å². The van der Waals surface area contributed by atoms with E-state index in [0.29, 0.717) is 23.7 Å². The molecule has 0 bridgehead atoms. The Morgan fingerprint density at radius 2 is 1.81 bits per heavy atom. The normalized spacial score (nSPS) is 16.8. The highest BCUT2D eigenvalue weighted by molar-refractivity contribution is 9.10. The first-order chi connectivity index (χ1) is 7.59. The van der Waals surface area contributed by atoms with Crippen LogP contribution in [0.5, 0.6) is 0 Å². The van der Waals surface area contributed by atoms with Crippen molar-refractivity contribution in [1.29, 1.82) is 0 Å². The maximum atomic E-state index is 13.1. The van der Waals surface area contributed by atoms with Gasteiger partial charge in [-0.2, -0.15) is 0 Å². The standard InChI is InChI=1S/C11H9BrFNO2/c12-8-5-4-7(13)6-9(8)14-10(15)2-1-3-11(14)16/h4-6H,1-3H2. The average Bonchev–Trinajstić information content (AvgIpc) is 2.23. The SMILES string of the molecule is O=C1CCCC(=O)N1c1cc(F)ccc1Br. The van der Waals surface area contributed by atoms with Gasteiger partial charge >= 0.3 is 0 Å². The Morgan fingerprint density at radius 1 is 1.19 bits per heavy atom. The number of piperidine rings is 1. The number of anilines is 1. The number of carbonyl (C=O) groups is 2. The Morgan fingerprint density at radius 3 is 2.44 bits per heavy atom. The number of hydrogen-bond donors (Lipinski definition) is 0. The van der Waals surface area contributed by atoms with Gasteiger partial charge in [0.1, 0.15) is 5.82 Å². The van der Waals surface area contributed by atoms with E-state index in [4.69, 9.17) is 0 Å². The Bertz CT molecular complexity index is 445. The lowest BCUT2D eigenvalue weighted by Crippen LogP contribution is -2.40. The van der Waals surface area contributed by atoms with Gasteiger partial charge in [-0.15, -0.1) is 0 Å². The zero-order valence-electron chi connectivity index (χ0n) is 8.37. The van der Waals surface area contributed by atoms with Crippen LogP contribution in [0.1, 0.15) is 19.3 Å². The largest absolute Gasteiger partial charge is 0.274 e. The molecular weight excluding hydrogens is 277 g/mol. The maximum Gasteiger partial charge on any atom is 0.233 e. The van der Waals surface area contributed by atoms with Crippen LogP contribution >= 0.6 is 15.9 Å². The number of amides is 2. The summed E-state index contributed by atoms with van der Waals surface area (Å²) in [7, 11) is 0.